The second kappa shape index (κ2) is 4.34. The third kappa shape index (κ3) is 2.48. The van der Waals surface area contributed by atoms with Crippen LogP contribution in [0.5, 0.6) is 0 Å². The lowest BCUT2D eigenvalue weighted by atomic mass is 10.4. The SMILES string of the molecule is Cn1ccc(Nc2nc(Cl)ncc2[N+](=O)[O-])n1. The van der Waals surface area contributed by atoms with Crippen LogP contribution in [-0.4, -0.2) is 24.7 Å². The fourth-order valence-corrected chi connectivity index (χ4v) is 1.32. The number of nitro groups is 1. The van der Waals surface area contributed by atoms with Crippen LogP contribution in [-0.2, 0) is 7.05 Å². The van der Waals surface area contributed by atoms with Crippen LogP contribution in [0.1, 0.15) is 0 Å². The molecule has 0 radical (unpaired) electrons. The van der Waals surface area contributed by atoms with E-state index in [4.69, 9.17) is 11.6 Å². The summed E-state index contributed by atoms with van der Waals surface area (Å²) in [5.74, 6) is 0.444. The van der Waals surface area contributed by atoms with E-state index in [-0.39, 0.29) is 16.8 Å². The molecule has 0 aliphatic rings. The molecule has 88 valence electrons. The first-order valence-corrected chi connectivity index (χ1v) is 4.87. The van der Waals surface area contributed by atoms with Gasteiger partial charge in [0.05, 0.1) is 4.92 Å². The summed E-state index contributed by atoms with van der Waals surface area (Å²) in [7, 11) is 1.73. The van der Waals surface area contributed by atoms with Crippen molar-refractivity contribution in [2.24, 2.45) is 7.05 Å². The quantitative estimate of drug-likeness (QED) is 0.506. The van der Waals surface area contributed by atoms with Crippen molar-refractivity contribution in [3.05, 3.63) is 33.9 Å². The molecule has 0 aromatic carbocycles. The molecule has 2 aromatic rings. The molecule has 2 heterocycles. The lowest BCUT2D eigenvalue weighted by Crippen LogP contribution is -2.02. The molecule has 0 atom stereocenters. The van der Waals surface area contributed by atoms with Crippen LogP contribution in [0.15, 0.2) is 18.5 Å². The van der Waals surface area contributed by atoms with Crippen LogP contribution >= 0.6 is 11.6 Å². The monoisotopic (exact) mass is 254 g/mol. The Morgan fingerprint density at radius 3 is 2.94 bits per heavy atom. The van der Waals surface area contributed by atoms with E-state index < -0.39 is 4.92 Å². The summed E-state index contributed by atoms with van der Waals surface area (Å²) in [6.07, 6.45) is 2.73. The Morgan fingerprint density at radius 2 is 2.35 bits per heavy atom. The van der Waals surface area contributed by atoms with Gasteiger partial charge in [0.1, 0.15) is 6.20 Å². The minimum atomic E-state index is -0.596. The normalized spacial score (nSPS) is 10.2. The van der Waals surface area contributed by atoms with Crippen LogP contribution in [0.2, 0.25) is 5.28 Å². The van der Waals surface area contributed by atoms with Gasteiger partial charge in [-0.3, -0.25) is 14.8 Å². The Kier molecular flexibility index (Phi) is 2.88. The average molecular weight is 255 g/mol. The maximum absolute atomic E-state index is 10.7. The third-order valence-corrected chi connectivity index (χ3v) is 2.08. The maximum Gasteiger partial charge on any atom is 0.329 e. The molecule has 0 spiro atoms. The van der Waals surface area contributed by atoms with Crippen molar-refractivity contribution < 1.29 is 4.92 Å². The van der Waals surface area contributed by atoms with E-state index in [1.807, 2.05) is 0 Å². The predicted molar refractivity (Wildman–Crippen MR) is 60.2 cm³/mol. The van der Waals surface area contributed by atoms with E-state index in [0.29, 0.717) is 5.82 Å². The molecule has 2 aromatic heterocycles. The smallest absolute Gasteiger partial charge is 0.318 e. The van der Waals surface area contributed by atoms with E-state index in [9.17, 15) is 10.1 Å². The highest BCUT2D eigenvalue weighted by atomic mass is 35.5. The summed E-state index contributed by atoms with van der Waals surface area (Å²) < 4.78 is 1.55. The molecule has 2 rings (SSSR count). The molecular formula is C8H7ClN6O2. The molecule has 0 unspecified atom stereocenters. The fraction of sp³-hybridized carbons (Fsp3) is 0.125. The topological polar surface area (TPSA) is 98.8 Å². The number of nitrogens with zero attached hydrogens (tertiary/aromatic N) is 5. The molecule has 9 heteroatoms. The maximum atomic E-state index is 10.7. The standard InChI is InChI=1S/C8H7ClN6O2/c1-14-3-2-6(13-14)11-7-5(15(16)17)4-10-8(9)12-7/h2-4H,1H3,(H,10,11,12,13). The fourth-order valence-electron chi connectivity index (χ4n) is 1.18. The molecule has 1 N–H and O–H groups in total. The highest BCUT2D eigenvalue weighted by Crippen LogP contribution is 2.24. The first-order valence-electron chi connectivity index (χ1n) is 4.50. The second-order valence-corrected chi connectivity index (χ2v) is 3.47. The third-order valence-electron chi connectivity index (χ3n) is 1.90. The van der Waals surface area contributed by atoms with Crippen LogP contribution in [0.25, 0.3) is 0 Å². The van der Waals surface area contributed by atoms with Crippen molar-refractivity contribution in [3.8, 4) is 0 Å². The lowest BCUT2D eigenvalue weighted by molar-refractivity contribution is -0.384. The molecule has 0 saturated carbocycles. The van der Waals surface area contributed by atoms with E-state index in [1.165, 1.54) is 0 Å². The van der Waals surface area contributed by atoms with Gasteiger partial charge in [0.2, 0.25) is 11.1 Å². The summed E-state index contributed by atoms with van der Waals surface area (Å²) in [5, 5.41) is 17.4. The Hall–Kier alpha value is -2.22. The van der Waals surface area contributed by atoms with Gasteiger partial charge in [0.25, 0.3) is 0 Å². The Balaban J connectivity index is 2.37. The van der Waals surface area contributed by atoms with Crippen LogP contribution in [0.3, 0.4) is 0 Å². The van der Waals surface area contributed by atoms with Crippen molar-refractivity contribution in [3.63, 3.8) is 0 Å². The van der Waals surface area contributed by atoms with Crippen LogP contribution in [0, 0.1) is 10.1 Å². The number of nitrogens with one attached hydrogen (secondary N) is 1. The van der Waals surface area contributed by atoms with Gasteiger partial charge < -0.3 is 5.32 Å². The highest BCUT2D eigenvalue weighted by molar-refractivity contribution is 6.28. The molecule has 0 amide bonds. The first-order chi connectivity index (χ1) is 8.06. The number of aryl methyl sites for hydroxylation is 1. The van der Waals surface area contributed by atoms with Crippen molar-refractivity contribution >= 4 is 28.9 Å². The van der Waals surface area contributed by atoms with Crippen molar-refractivity contribution in [1.29, 1.82) is 0 Å². The Morgan fingerprint density at radius 1 is 1.59 bits per heavy atom. The van der Waals surface area contributed by atoms with Gasteiger partial charge >= 0.3 is 5.69 Å². The van der Waals surface area contributed by atoms with Crippen LogP contribution < -0.4 is 5.32 Å². The number of halogens is 1. The minimum Gasteiger partial charge on any atom is -0.318 e. The first kappa shape index (κ1) is 11.3. The Bertz CT molecular complexity index is 569. The number of rotatable bonds is 3. The van der Waals surface area contributed by atoms with Crippen molar-refractivity contribution in [1.82, 2.24) is 19.7 Å². The highest BCUT2D eigenvalue weighted by Gasteiger charge is 2.17. The summed E-state index contributed by atoms with van der Waals surface area (Å²) in [4.78, 5) is 17.5. The van der Waals surface area contributed by atoms with Crippen molar-refractivity contribution in [2.45, 2.75) is 0 Å². The summed E-state index contributed by atoms with van der Waals surface area (Å²) in [5.41, 5.74) is -0.264. The predicted octanol–water partition coefficient (Wildman–Crippen LogP) is 1.52. The number of anilines is 2. The van der Waals surface area contributed by atoms with Gasteiger partial charge in [-0.25, -0.2) is 4.98 Å². The molecule has 0 aliphatic heterocycles. The van der Waals surface area contributed by atoms with E-state index >= 15 is 0 Å². The Labute approximate surface area is 100 Å². The second-order valence-electron chi connectivity index (χ2n) is 3.13. The molecule has 17 heavy (non-hydrogen) atoms. The molecule has 8 nitrogen and oxygen atoms in total. The number of hydrogen-bond donors (Lipinski definition) is 1. The van der Waals surface area contributed by atoms with Crippen molar-refractivity contribution in [2.75, 3.05) is 5.32 Å². The summed E-state index contributed by atoms with van der Waals surface area (Å²) in [6, 6.07) is 1.65. The zero-order valence-corrected chi connectivity index (χ0v) is 9.42. The van der Waals surface area contributed by atoms with Gasteiger partial charge in [-0.15, -0.1) is 0 Å². The summed E-state index contributed by atoms with van der Waals surface area (Å²) >= 11 is 5.58. The van der Waals surface area contributed by atoms with E-state index in [2.05, 4.69) is 20.4 Å². The average Bonchev–Trinajstić information content (AvgIpc) is 2.63. The van der Waals surface area contributed by atoms with Gasteiger partial charge in [-0.1, -0.05) is 0 Å². The lowest BCUT2D eigenvalue weighted by Gasteiger charge is -2.02. The molecule has 0 fully saturated rings. The van der Waals surface area contributed by atoms with Gasteiger partial charge in [0.15, 0.2) is 5.82 Å². The van der Waals surface area contributed by atoms with Crippen LogP contribution in [0.4, 0.5) is 17.3 Å². The zero-order chi connectivity index (χ0) is 12.4. The van der Waals surface area contributed by atoms with Gasteiger partial charge in [-0.05, 0) is 11.6 Å². The number of hydrogen-bond acceptors (Lipinski definition) is 6. The van der Waals surface area contributed by atoms with Gasteiger partial charge in [-0.2, -0.15) is 10.1 Å². The molecular weight excluding hydrogens is 248 g/mol. The molecule has 0 saturated heterocycles. The minimum absolute atomic E-state index is 0.00806. The van der Waals surface area contributed by atoms with E-state index in [0.717, 1.165) is 6.20 Å². The van der Waals surface area contributed by atoms with E-state index in [1.54, 1.807) is 24.0 Å². The molecule has 0 bridgehead atoms. The largest absolute Gasteiger partial charge is 0.329 e. The number of aromatic nitrogens is 4. The molecule has 0 aliphatic carbocycles. The summed E-state index contributed by atoms with van der Waals surface area (Å²) in [6.45, 7) is 0. The zero-order valence-electron chi connectivity index (χ0n) is 8.66. The van der Waals surface area contributed by atoms with Gasteiger partial charge in [0, 0.05) is 19.3 Å².